The molecule has 32 heavy (non-hydrogen) atoms. The molecule has 4 aromatic rings. The Kier molecular flexibility index (Phi) is 7.82. The van der Waals surface area contributed by atoms with Gasteiger partial charge >= 0.3 is 205 Å². The van der Waals surface area contributed by atoms with Crippen molar-refractivity contribution in [3.05, 3.63) is 126 Å². The summed E-state index contributed by atoms with van der Waals surface area (Å²) in [6.07, 6.45) is 1.81. The average molecular weight is 635 g/mol. The van der Waals surface area contributed by atoms with Gasteiger partial charge in [-0.25, -0.2) is 0 Å². The summed E-state index contributed by atoms with van der Waals surface area (Å²) in [5, 5.41) is 1.97. The molecule has 4 heteroatoms. The second kappa shape index (κ2) is 11.0. The molecule has 0 saturated carbocycles. The van der Waals surface area contributed by atoms with E-state index < -0.39 is 5.15 Å². The molecule has 4 aromatic carbocycles. The molecule has 0 aliphatic heterocycles. The first-order chi connectivity index (χ1) is 15.7. The van der Waals surface area contributed by atoms with Crippen molar-refractivity contribution in [1.29, 1.82) is 0 Å². The topological polar surface area (TPSA) is 17.1 Å². The zero-order valence-electron chi connectivity index (χ0n) is 17.6. The van der Waals surface area contributed by atoms with Gasteiger partial charge in [-0.15, -0.1) is 0 Å². The van der Waals surface area contributed by atoms with Gasteiger partial charge in [0.25, 0.3) is 0 Å². The molecule has 0 aliphatic carbocycles. The summed E-state index contributed by atoms with van der Waals surface area (Å²) >= 11 is 0.850. The molecule has 0 fully saturated rings. The molecule has 0 atom stereocenters. The number of carbonyl (C=O) groups excluding carboxylic acids is 1. The predicted molar refractivity (Wildman–Crippen MR) is 138 cm³/mol. The Morgan fingerprint density at radius 3 is 1.69 bits per heavy atom. The van der Waals surface area contributed by atoms with Gasteiger partial charge in [0.05, 0.1) is 0 Å². The van der Waals surface area contributed by atoms with Gasteiger partial charge in [0, 0.05) is 0 Å². The Bertz CT molecular complexity index is 1150. The number of rotatable bonds is 5. The minimum atomic E-state index is -2.27. The monoisotopic (exact) mass is 635 g/mol. The molecule has 0 spiro atoms. The van der Waals surface area contributed by atoms with Gasteiger partial charge in [-0.3, -0.25) is 0 Å². The van der Waals surface area contributed by atoms with Gasteiger partial charge in [-0.1, -0.05) is 0 Å². The van der Waals surface area contributed by atoms with E-state index in [2.05, 4.69) is 101 Å². The molecule has 0 aromatic heterocycles. The second-order valence-corrected chi connectivity index (χ2v) is 18.0. The van der Waals surface area contributed by atoms with Crippen LogP contribution in [0.1, 0.15) is 15.9 Å². The summed E-state index contributed by atoms with van der Waals surface area (Å²) in [7, 11) is 0. The van der Waals surface area contributed by atoms with Crippen LogP contribution in [0.3, 0.4) is 0 Å². The van der Waals surface area contributed by atoms with E-state index in [1.54, 1.807) is 0 Å². The van der Waals surface area contributed by atoms with Gasteiger partial charge in [0.1, 0.15) is 0 Å². The molecule has 0 amide bonds. The molecule has 0 saturated heterocycles. The van der Waals surface area contributed by atoms with E-state index in [1.165, 1.54) is 27.7 Å². The fourth-order valence-electron chi connectivity index (χ4n) is 3.56. The van der Waals surface area contributed by atoms with Crippen molar-refractivity contribution >= 4 is 37.9 Å². The van der Waals surface area contributed by atoms with E-state index in [0.717, 1.165) is 5.56 Å². The molecule has 0 bridgehead atoms. The molecule has 0 unspecified atom stereocenters. The third-order valence-electron chi connectivity index (χ3n) is 5.06. The van der Waals surface area contributed by atoms with Crippen molar-refractivity contribution in [3.63, 3.8) is 0 Å². The Labute approximate surface area is 203 Å². The molecular weight excluding hydrogens is 612 g/mol. The molecule has 4 rings (SSSR count). The number of benzene rings is 4. The molecule has 0 aliphatic rings. The van der Waals surface area contributed by atoms with Crippen LogP contribution >= 0.6 is 16.9 Å². The van der Waals surface area contributed by atoms with E-state index in [-0.39, 0.29) is 24.3 Å². The van der Waals surface area contributed by atoms with Gasteiger partial charge in [-0.05, 0) is 0 Å². The SMILES string of the molecule is CSC(=O)c1cccc(C#[C][Au][PH](c2ccccc2)(c2ccccc2)c2ccccc2)c1. The fourth-order valence-corrected chi connectivity index (χ4v) is 15.2. The predicted octanol–water partition coefficient (Wildman–Crippen LogP) is 5.22. The van der Waals surface area contributed by atoms with Crippen molar-refractivity contribution in [1.82, 2.24) is 0 Å². The zero-order chi connectivity index (χ0) is 22.2. The van der Waals surface area contributed by atoms with Gasteiger partial charge in [-0.2, -0.15) is 0 Å². The molecule has 0 radical (unpaired) electrons. The Balaban J connectivity index is 1.83. The van der Waals surface area contributed by atoms with Crippen LogP contribution in [0.5, 0.6) is 0 Å². The Morgan fingerprint density at radius 1 is 0.719 bits per heavy atom. The van der Waals surface area contributed by atoms with Crippen LogP contribution in [0.25, 0.3) is 0 Å². The van der Waals surface area contributed by atoms with Gasteiger partial charge in [0.15, 0.2) is 0 Å². The summed E-state index contributed by atoms with van der Waals surface area (Å²) in [6.45, 7) is 0. The van der Waals surface area contributed by atoms with Crippen LogP contribution in [0.4, 0.5) is 0 Å². The van der Waals surface area contributed by atoms with Crippen LogP contribution < -0.4 is 15.9 Å². The first kappa shape index (κ1) is 22.8. The summed E-state index contributed by atoms with van der Waals surface area (Å²) < 4.78 is 3.61. The molecular formula is C28H23AuOPS. The van der Waals surface area contributed by atoms with Crippen molar-refractivity contribution in [3.8, 4) is 10.1 Å². The third kappa shape index (κ3) is 5.00. The van der Waals surface area contributed by atoms with Crippen molar-refractivity contribution in [2.75, 3.05) is 6.26 Å². The Morgan fingerprint density at radius 2 is 1.22 bits per heavy atom. The van der Waals surface area contributed by atoms with Crippen LogP contribution in [-0.2, 0) is 19.2 Å². The van der Waals surface area contributed by atoms with Crippen molar-refractivity contribution < 1.29 is 24.0 Å². The summed E-state index contributed by atoms with van der Waals surface area (Å²) in [5.41, 5.74) is 1.61. The quantitative estimate of drug-likeness (QED) is 0.170. The number of hydrogen-bond acceptors (Lipinski definition) is 2. The average Bonchev–Trinajstić information content (AvgIpc) is 2.88. The van der Waals surface area contributed by atoms with E-state index in [9.17, 15) is 4.79 Å². The molecule has 163 valence electrons. The summed E-state index contributed by atoms with van der Waals surface area (Å²) in [4.78, 5) is 12.1. The van der Waals surface area contributed by atoms with Gasteiger partial charge < -0.3 is 0 Å². The van der Waals surface area contributed by atoms with Crippen LogP contribution in [0.15, 0.2) is 115 Å². The first-order valence-electron chi connectivity index (χ1n) is 10.2. The van der Waals surface area contributed by atoms with Crippen molar-refractivity contribution in [2.45, 2.75) is 0 Å². The first-order valence-corrected chi connectivity index (χ1v) is 17.5. The second-order valence-electron chi connectivity index (χ2n) is 7.05. The fraction of sp³-hybridized carbons (Fsp3) is 0.0357. The minimum absolute atomic E-state index is 0.0730. The van der Waals surface area contributed by atoms with E-state index in [0.29, 0.717) is 5.56 Å². The zero-order valence-corrected chi connectivity index (χ0v) is 21.6. The van der Waals surface area contributed by atoms with E-state index in [1.807, 2.05) is 30.5 Å². The normalized spacial score (nSPS) is 11.4. The summed E-state index contributed by atoms with van der Waals surface area (Å²) in [5.74, 6) is 3.39. The molecule has 1 nitrogen and oxygen atoms in total. The number of thioether (sulfide) groups is 1. The molecule has 0 heterocycles. The molecule has 0 N–H and O–H groups in total. The van der Waals surface area contributed by atoms with Gasteiger partial charge in [0.2, 0.25) is 0 Å². The van der Waals surface area contributed by atoms with Crippen LogP contribution in [-0.4, -0.2) is 11.4 Å². The van der Waals surface area contributed by atoms with Crippen molar-refractivity contribution in [2.24, 2.45) is 0 Å². The standard InChI is InChI=1S/C18H15P.C10H7OS.Au/c1-4-10-16(11-5-1)19(17-12-6-2-7-13-17)18-14-8-3-9-15-18;1-3-8-5-4-6-9(7-8)10(11)12-2;/h1-15H;4-7H,2H3;/q;;-1/p+1. The summed E-state index contributed by atoms with van der Waals surface area (Å²) in [6, 6.07) is 40.3. The maximum atomic E-state index is 12.1. The van der Waals surface area contributed by atoms with E-state index in [4.69, 9.17) is 0 Å². The number of hydrogen-bond donors (Lipinski definition) is 0. The Hall–Kier alpha value is -2.37. The maximum absolute atomic E-state index is 12.1. The van der Waals surface area contributed by atoms with Crippen LogP contribution in [0, 0.1) is 10.1 Å². The van der Waals surface area contributed by atoms with E-state index >= 15 is 0 Å². The number of carbonyl (C=O) groups is 1. The third-order valence-corrected chi connectivity index (χ3v) is 18.4. The van der Waals surface area contributed by atoms with Crippen LogP contribution in [0.2, 0.25) is 0 Å².